The number of hydrogen-bond donors (Lipinski definition) is 1. The Bertz CT molecular complexity index is 807. The molecule has 2 unspecified atom stereocenters. The molecule has 1 fully saturated rings. The van der Waals surface area contributed by atoms with Crippen LogP contribution in [0.4, 0.5) is 5.82 Å². The quantitative estimate of drug-likeness (QED) is 0.899. The number of hydrogen-bond acceptors (Lipinski definition) is 5. The highest BCUT2D eigenvalue weighted by Gasteiger charge is 2.35. The molecule has 1 saturated heterocycles. The molecule has 0 aliphatic carbocycles. The van der Waals surface area contributed by atoms with E-state index in [1.807, 2.05) is 41.3 Å². The molecular weight excluding hydrogens is 314 g/mol. The Morgan fingerprint density at radius 3 is 2.70 bits per heavy atom. The van der Waals surface area contributed by atoms with E-state index in [4.69, 9.17) is 0 Å². The van der Waals surface area contributed by atoms with Gasteiger partial charge in [-0.3, -0.25) is 0 Å². The first-order valence-electron chi connectivity index (χ1n) is 7.56. The summed E-state index contributed by atoms with van der Waals surface area (Å²) < 4.78 is 25.3. The van der Waals surface area contributed by atoms with Crippen LogP contribution in [0.3, 0.4) is 0 Å². The average Bonchev–Trinajstić information content (AvgIpc) is 2.87. The van der Waals surface area contributed by atoms with Crippen LogP contribution in [-0.2, 0) is 10.0 Å². The van der Waals surface area contributed by atoms with Crippen LogP contribution in [0.25, 0.3) is 10.9 Å². The number of benzene rings is 1. The maximum Gasteiger partial charge on any atom is 0.214 e. The number of pyridine rings is 1. The Balaban J connectivity index is 1.79. The second-order valence-corrected chi connectivity index (χ2v) is 8.38. The number of aromatic nitrogens is 1. The highest BCUT2D eigenvalue weighted by atomic mass is 32.2. The van der Waals surface area contributed by atoms with Crippen molar-refractivity contribution >= 4 is 26.7 Å². The molecule has 0 spiro atoms. The van der Waals surface area contributed by atoms with Crippen LogP contribution in [0, 0.1) is 5.92 Å². The van der Waals surface area contributed by atoms with Gasteiger partial charge in [0, 0.05) is 38.5 Å². The van der Waals surface area contributed by atoms with Gasteiger partial charge in [0.05, 0.1) is 17.4 Å². The third kappa shape index (κ3) is 3.31. The van der Waals surface area contributed by atoms with Crippen molar-refractivity contribution in [2.24, 2.45) is 5.92 Å². The number of aliphatic hydroxyl groups excluding tert-OH is 1. The molecule has 1 aromatic carbocycles. The van der Waals surface area contributed by atoms with Crippen molar-refractivity contribution < 1.29 is 13.5 Å². The lowest BCUT2D eigenvalue weighted by Gasteiger charge is -2.18. The Kier molecular flexibility index (Phi) is 4.27. The van der Waals surface area contributed by atoms with E-state index in [2.05, 4.69) is 4.98 Å². The van der Waals surface area contributed by atoms with E-state index in [1.54, 1.807) is 0 Å². The fourth-order valence-electron chi connectivity index (χ4n) is 2.86. The first-order chi connectivity index (χ1) is 10.9. The normalized spacial score (nSPS) is 22.2. The predicted molar refractivity (Wildman–Crippen MR) is 90.9 cm³/mol. The van der Waals surface area contributed by atoms with E-state index in [1.165, 1.54) is 18.4 Å². The minimum Gasteiger partial charge on any atom is -0.391 e. The fraction of sp³-hybridized carbons (Fsp3) is 0.438. The number of para-hydroxylation sites is 1. The number of rotatable bonds is 4. The average molecular weight is 335 g/mol. The second-order valence-electron chi connectivity index (χ2n) is 6.16. The first-order valence-corrected chi connectivity index (χ1v) is 9.17. The monoisotopic (exact) mass is 335 g/mol. The highest BCUT2D eigenvalue weighted by Crippen LogP contribution is 2.26. The molecule has 1 aliphatic heterocycles. The van der Waals surface area contributed by atoms with Crippen LogP contribution in [0.15, 0.2) is 36.4 Å². The zero-order valence-electron chi connectivity index (χ0n) is 13.3. The molecule has 2 aromatic rings. The molecule has 6 nitrogen and oxygen atoms in total. The molecule has 0 radical (unpaired) electrons. The third-order valence-corrected chi connectivity index (χ3v) is 6.26. The molecule has 7 heteroatoms. The van der Waals surface area contributed by atoms with Gasteiger partial charge in [-0.2, -0.15) is 0 Å². The largest absolute Gasteiger partial charge is 0.391 e. The van der Waals surface area contributed by atoms with Crippen LogP contribution in [0.1, 0.15) is 0 Å². The number of sulfonamides is 1. The summed E-state index contributed by atoms with van der Waals surface area (Å²) in [7, 11) is -0.302. The minimum atomic E-state index is -3.33. The molecule has 1 aliphatic rings. The number of aliphatic hydroxyl groups is 1. The zero-order valence-corrected chi connectivity index (χ0v) is 14.1. The first kappa shape index (κ1) is 16.2. The Labute approximate surface area is 136 Å². The van der Waals surface area contributed by atoms with Gasteiger partial charge in [-0.1, -0.05) is 18.2 Å². The Morgan fingerprint density at radius 2 is 1.96 bits per heavy atom. The SMILES string of the molecule is CN(C)S(=O)(=O)CC1CN(c2ccc3ccccc3n2)CC1O. The van der Waals surface area contributed by atoms with Crippen LogP contribution in [-0.4, -0.2) is 61.9 Å². The van der Waals surface area contributed by atoms with Crippen LogP contribution in [0.2, 0.25) is 0 Å². The van der Waals surface area contributed by atoms with Gasteiger partial charge in [0.15, 0.2) is 0 Å². The summed E-state index contributed by atoms with van der Waals surface area (Å²) in [4.78, 5) is 6.56. The number of nitrogens with zero attached hydrogens (tertiary/aromatic N) is 3. The smallest absolute Gasteiger partial charge is 0.214 e. The number of fused-ring (bicyclic) bond motifs is 1. The highest BCUT2D eigenvalue weighted by molar-refractivity contribution is 7.89. The van der Waals surface area contributed by atoms with Gasteiger partial charge < -0.3 is 10.0 Å². The summed E-state index contributed by atoms with van der Waals surface area (Å²) in [5.41, 5.74) is 0.892. The lowest BCUT2D eigenvalue weighted by atomic mass is 10.1. The summed E-state index contributed by atoms with van der Waals surface area (Å²) in [6.07, 6.45) is -0.669. The van der Waals surface area contributed by atoms with Crippen LogP contribution < -0.4 is 4.90 Å². The molecule has 1 aromatic heterocycles. The van der Waals surface area contributed by atoms with Crippen molar-refractivity contribution in [1.82, 2.24) is 9.29 Å². The van der Waals surface area contributed by atoms with E-state index < -0.39 is 16.1 Å². The summed E-state index contributed by atoms with van der Waals surface area (Å²) in [6, 6.07) is 11.7. The zero-order chi connectivity index (χ0) is 16.6. The van der Waals surface area contributed by atoms with E-state index in [0.717, 1.165) is 16.7 Å². The molecular formula is C16H21N3O3S. The molecule has 0 amide bonds. The van der Waals surface area contributed by atoms with Crippen molar-refractivity contribution in [2.75, 3.05) is 37.8 Å². The van der Waals surface area contributed by atoms with Gasteiger partial charge >= 0.3 is 0 Å². The van der Waals surface area contributed by atoms with E-state index in [-0.39, 0.29) is 11.7 Å². The van der Waals surface area contributed by atoms with Crippen LogP contribution >= 0.6 is 0 Å². The van der Waals surface area contributed by atoms with Gasteiger partial charge in [-0.05, 0) is 18.2 Å². The van der Waals surface area contributed by atoms with Gasteiger partial charge in [-0.15, -0.1) is 0 Å². The lowest BCUT2D eigenvalue weighted by molar-refractivity contribution is 0.157. The number of anilines is 1. The molecule has 124 valence electrons. The van der Waals surface area contributed by atoms with Gasteiger partial charge in [-0.25, -0.2) is 17.7 Å². The fourth-order valence-corrected chi connectivity index (χ4v) is 4.02. The summed E-state index contributed by atoms with van der Waals surface area (Å²) in [5.74, 6) is 0.411. The van der Waals surface area contributed by atoms with Crippen molar-refractivity contribution in [3.8, 4) is 0 Å². The van der Waals surface area contributed by atoms with E-state index in [0.29, 0.717) is 13.1 Å². The second kappa shape index (κ2) is 6.07. The van der Waals surface area contributed by atoms with E-state index >= 15 is 0 Å². The molecule has 2 heterocycles. The topological polar surface area (TPSA) is 73.7 Å². The summed E-state index contributed by atoms with van der Waals surface area (Å²) >= 11 is 0. The Hall–Kier alpha value is -1.70. The summed E-state index contributed by atoms with van der Waals surface area (Å²) in [5, 5.41) is 11.3. The Morgan fingerprint density at radius 1 is 1.22 bits per heavy atom. The standard InChI is InChI=1S/C16H21N3O3S/c1-18(2)23(21,22)11-13-9-19(10-15(13)20)16-8-7-12-5-3-4-6-14(12)17-16/h3-8,13,15,20H,9-11H2,1-2H3. The van der Waals surface area contributed by atoms with Gasteiger partial charge in [0.1, 0.15) is 5.82 Å². The van der Waals surface area contributed by atoms with Gasteiger partial charge in [0.2, 0.25) is 10.0 Å². The lowest BCUT2D eigenvalue weighted by Crippen LogP contribution is -2.33. The van der Waals surface area contributed by atoms with Gasteiger partial charge in [0.25, 0.3) is 0 Å². The molecule has 3 rings (SSSR count). The summed E-state index contributed by atoms with van der Waals surface area (Å²) in [6.45, 7) is 0.887. The molecule has 1 N–H and O–H groups in total. The molecule has 0 saturated carbocycles. The number of β-amino-alcohol motifs (C(OH)–C–C–N with tert-alkyl or cyclic N) is 1. The maximum absolute atomic E-state index is 12.0. The maximum atomic E-state index is 12.0. The van der Waals surface area contributed by atoms with Crippen LogP contribution in [0.5, 0.6) is 0 Å². The van der Waals surface area contributed by atoms with Crippen molar-refractivity contribution in [3.05, 3.63) is 36.4 Å². The van der Waals surface area contributed by atoms with Crippen molar-refractivity contribution in [3.63, 3.8) is 0 Å². The van der Waals surface area contributed by atoms with E-state index in [9.17, 15) is 13.5 Å². The molecule has 2 atom stereocenters. The molecule has 23 heavy (non-hydrogen) atoms. The van der Waals surface area contributed by atoms with Crippen molar-refractivity contribution in [1.29, 1.82) is 0 Å². The molecule has 0 bridgehead atoms. The predicted octanol–water partition coefficient (Wildman–Crippen LogP) is 0.923. The minimum absolute atomic E-state index is 0.0503. The van der Waals surface area contributed by atoms with Crippen molar-refractivity contribution in [2.45, 2.75) is 6.10 Å². The third-order valence-electron chi connectivity index (χ3n) is 4.30.